The largest absolute Gasteiger partial charge is 0.323 e. The van der Waals surface area contributed by atoms with Crippen LogP contribution in [0.5, 0.6) is 0 Å². The molecule has 0 saturated heterocycles. The molecule has 3 nitrogen and oxygen atoms in total. The molecule has 0 aliphatic rings. The quantitative estimate of drug-likeness (QED) is 0.638. The molecule has 0 bridgehead atoms. The van der Waals surface area contributed by atoms with Crippen LogP contribution < -0.4 is 10.6 Å². The van der Waals surface area contributed by atoms with Gasteiger partial charge in [-0.2, -0.15) is 0 Å². The number of nitrogens with one attached hydrogen (secondary N) is 2. The SMILES string of the molecule is O=C(Nc1ccc(F)c(F)c1F)Nc1c(F)cccc1F. The Hall–Kier alpha value is -2.64. The fourth-order valence-corrected chi connectivity index (χ4v) is 1.51. The van der Waals surface area contributed by atoms with E-state index in [1.807, 2.05) is 5.32 Å². The first-order chi connectivity index (χ1) is 9.90. The van der Waals surface area contributed by atoms with Gasteiger partial charge in [0.1, 0.15) is 17.3 Å². The topological polar surface area (TPSA) is 41.1 Å². The minimum Gasteiger partial charge on any atom is -0.305 e. The van der Waals surface area contributed by atoms with Gasteiger partial charge in [-0.3, -0.25) is 0 Å². The van der Waals surface area contributed by atoms with Crippen molar-refractivity contribution in [3.8, 4) is 0 Å². The van der Waals surface area contributed by atoms with Crippen LogP contribution in [-0.2, 0) is 0 Å². The lowest BCUT2D eigenvalue weighted by Gasteiger charge is -2.10. The van der Waals surface area contributed by atoms with Gasteiger partial charge < -0.3 is 10.6 Å². The normalized spacial score (nSPS) is 10.3. The van der Waals surface area contributed by atoms with E-state index in [4.69, 9.17) is 0 Å². The number of para-hydroxylation sites is 1. The summed E-state index contributed by atoms with van der Waals surface area (Å²) in [6, 6.07) is 3.03. The minimum atomic E-state index is -1.77. The summed E-state index contributed by atoms with van der Waals surface area (Å²) in [4.78, 5) is 11.5. The third-order valence-corrected chi connectivity index (χ3v) is 2.48. The molecule has 0 radical (unpaired) electrons. The standard InChI is InChI=1S/C13H7F5N2O/c14-6-4-5-9(11(18)10(6)17)19-13(21)20-12-7(15)2-1-3-8(12)16/h1-5H,(H2,19,20,21). The number of benzene rings is 2. The summed E-state index contributed by atoms with van der Waals surface area (Å²) in [7, 11) is 0. The molecule has 0 heterocycles. The zero-order valence-corrected chi connectivity index (χ0v) is 10.2. The smallest absolute Gasteiger partial charge is 0.305 e. The predicted octanol–water partition coefficient (Wildman–Crippen LogP) is 4.03. The second kappa shape index (κ2) is 5.78. The van der Waals surface area contributed by atoms with Gasteiger partial charge in [0.2, 0.25) is 0 Å². The van der Waals surface area contributed by atoms with E-state index in [1.165, 1.54) is 0 Å². The van der Waals surface area contributed by atoms with Gasteiger partial charge in [0.05, 0.1) is 5.69 Å². The van der Waals surface area contributed by atoms with Gasteiger partial charge >= 0.3 is 6.03 Å². The Kier molecular flexibility index (Phi) is 4.06. The van der Waals surface area contributed by atoms with E-state index in [-0.39, 0.29) is 0 Å². The number of anilines is 2. The Labute approximate surface area is 115 Å². The molecule has 2 rings (SSSR count). The van der Waals surface area contributed by atoms with Crippen molar-refractivity contribution in [1.29, 1.82) is 0 Å². The second-order valence-corrected chi connectivity index (χ2v) is 3.90. The number of hydrogen-bond donors (Lipinski definition) is 2. The number of hydrogen-bond acceptors (Lipinski definition) is 1. The van der Waals surface area contributed by atoms with E-state index in [0.29, 0.717) is 6.07 Å². The van der Waals surface area contributed by atoms with Gasteiger partial charge in [-0.25, -0.2) is 26.7 Å². The van der Waals surface area contributed by atoms with E-state index < -0.39 is 46.5 Å². The van der Waals surface area contributed by atoms with Crippen LogP contribution in [0.3, 0.4) is 0 Å². The Morgan fingerprint density at radius 2 is 1.38 bits per heavy atom. The Bertz CT molecular complexity index is 685. The van der Waals surface area contributed by atoms with E-state index in [9.17, 15) is 26.7 Å². The molecule has 2 aromatic carbocycles. The van der Waals surface area contributed by atoms with Gasteiger partial charge in [0.25, 0.3) is 0 Å². The third-order valence-electron chi connectivity index (χ3n) is 2.48. The highest BCUT2D eigenvalue weighted by atomic mass is 19.2. The predicted molar refractivity (Wildman–Crippen MR) is 65.3 cm³/mol. The number of amides is 2. The van der Waals surface area contributed by atoms with Crippen LogP contribution in [0, 0.1) is 29.1 Å². The van der Waals surface area contributed by atoms with Gasteiger partial charge in [0, 0.05) is 0 Å². The molecule has 0 unspecified atom stereocenters. The molecule has 110 valence electrons. The first kappa shape index (κ1) is 14.8. The summed E-state index contributed by atoms with van der Waals surface area (Å²) in [5.74, 6) is -6.92. The highest BCUT2D eigenvalue weighted by Crippen LogP contribution is 2.21. The Balaban J connectivity index is 2.18. The Morgan fingerprint density at radius 1 is 0.762 bits per heavy atom. The third kappa shape index (κ3) is 3.10. The molecule has 0 aliphatic heterocycles. The second-order valence-electron chi connectivity index (χ2n) is 3.90. The molecule has 0 spiro atoms. The molecule has 2 amide bonds. The molecule has 0 aromatic heterocycles. The van der Waals surface area contributed by atoms with Crippen LogP contribution in [0.1, 0.15) is 0 Å². The summed E-state index contributed by atoms with van der Waals surface area (Å²) >= 11 is 0. The maximum absolute atomic E-state index is 13.3. The zero-order chi connectivity index (χ0) is 15.6. The first-order valence-corrected chi connectivity index (χ1v) is 5.55. The van der Waals surface area contributed by atoms with Crippen LogP contribution in [-0.4, -0.2) is 6.03 Å². The average Bonchev–Trinajstić information content (AvgIpc) is 2.44. The zero-order valence-electron chi connectivity index (χ0n) is 10.2. The van der Waals surface area contributed by atoms with Crippen molar-refractivity contribution in [2.75, 3.05) is 10.6 Å². The molecule has 0 fully saturated rings. The maximum Gasteiger partial charge on any atom is 0.323 e. The highest BCUT2D eigenvalue weighted by Gasteiger charge is 2.17. The summed E-state index contributed by atoms with van der Waals surface area (Å²) in [5, 5.41) is 3.62. The van der Waals surface area contributed by atoms with Crippen LogP contribution >= 0.6 is 0 Å². The van der Waals surface area contributed by atoms with Crippen molar-refractivity contribution in [3.05, 3.63) is 59.4 Å². The molecular formula is C13H7F5N2O. The monoisotopic (exact) mass is 302 g/mol. The lowest BCUT2D eigenvalue weighted by Crippen LogP contribution is -2.22. The molecule has 8 heteroatoms. The number of carbonyl (C=O) groups excluding carboxylic acids is 1. The molecule has 0 atom stereocenters. The van der Waals surface area contributed by atoms with Crippen LogP contribution in [0.15, 0.2) is 30.3 Å². The van der Waals surface area contributed by atoms with Crippen molar-refractivity contribution in [3.63, 3.8) is 0 Å². The highest BCUT2D eigenvalue weighted by molar-refractivity contribution is 5.99. The van der Waals surface area contributed by atoms with Gasteiger partial charge in [-0.05, 0) is 24.3 Å². The maximum atomic E-state index is 13.3. The van der Waals surface area contributed by atoms with Crippen molar-refractivity contribution >= 4 is 17.4 Å². The minimum absolute atomic E-state index is 0.595. The fraction of sp³-hybridized carbons (Fsp3) is 0. The van der Waals surface area contributed by atoms with E-state index in [1.54, 1.807) is 5.32 Å². The summed E-state index contributed by atoms with van der Waals surface area (Å²) in [6.07, 6.45) is 0. The van der Waals surface area contributed by atoms with Crippen molar-refractivity contribution < 1.29 is 26.7 Å². The fourth-order valence-electron chi connectivity index (χ4n) is 1.51. The molecule has 21 heavy (non-hydrogen) atoms. The van der Waals surface area contributed by atoms with Crippen molar-refractivity contribution in [1.82, 2.24) is 0 Å². The number of rotatable bonds is 2. The number of carbonyl (C=O) groups is 1. The molecule has 2 aromatic rings. The molecule has 0 saturated carbocycles. The van der Waals surface area contributed by atoms with Gasteiger partial charge in [-0.1, -0.05) is 6.07 Å². The number of halogens is 5. The number of urea groups is 1. The van der Waals surface area contributed by atoms with Crippen molar-refractivity contribution in [2.45, 2.75) is 0 Å². The van der Waals surface area contributed by atoms with Crippen LogP contribution in [0.2, 0.25) is 0 Å². The lowest BCUT2D eigenvalue weighted by molar-refractivity contribution is 0.261. The lowest BCUT2D eigenvalue weighted by atomic mass is 10.2. The summed E-state index contributed by atoms with van der Waals surface area (Å²) in [6.45, 7) is 0. The molecule has 0 aliphatic carbocycles. The van der Waals surface area contributed by atoms with E-state index >= 15 is 0 Å². The summed E-state index contributed by atoms with van der Waals surface area (Å²) < 4.78 is 65.5. The van der Waals surface area contributed by atoms with Crippen LogP contribution in [0.4, 0.5) is 38.1 Å². The van der Waals surface area contributed by atoms with Gasteiger partial charge in [0.15, 0.2) is 17.5 Å². The van der Waals surface area contributed by atoms with E-state index in [2.05, 4.69) is 0 Å². The Morgan fingerprint density at radius 3 is 2.00 bits per heavy atom. The molecular weight excluding hydrogens is 295 g/mol. The van der Waals surface area contributed by atoms with Crippen molar-refractivity contribution in [2.24, 2.45) is 0 Å². The van der Waals surface area contributed by atoms with Crippen LogP contribution in [0.25, 0.3) is 0 Å². The van der Waals surface area contributed by atoms with Gasteiger partial charge in [-0.15, -0.1) is 0 Å². The molecule has 2 N–H and O–H groups in total. The average molecular weight is 302 g/mol. The van der Waals surface area contributed by atoms with E-state index in [0.717, 1.165) is 24.3 Å². The summed E-state index contributed by atoms with van der Waals surface area (Å²) in [5.41, 5.74) is -1.43. The first-order valence-electron chi connectivity index (χ1n) is 5.55.